The summed E-state index contributed by atoms with van der Waals surface area (Å²) in [6, 6.07) is 9.13. The minimum atomic E-state index is -0.135. The molecule has 0 aliphatic heterocycles. The molecule has 22 heavy (non-hydrogen) atoms. The first-order chi connectivity index (χ1) is 10.7. The van der Waals surface area contributed by atoms with E-state index >= 15 is 0 Å². The van der Waals surface area contributed by atoms with Crippen LogP contribution in [0, 0.1) is 0 Å². The molecule has 1 unspecified atom stereocenters. The number of hydrogen-bond donors (Lipinski definition) is 2. The van der Waals surface area contributed by atoms with Gasteiger partial charge < -0.3 is 19.8 Å². The molecule has 1 amide bonds. The predicted octanol–water partition coefficient (Wildman–Crippen LogP) is 3.30. The Bertz CT molecular complexity index is 608. The van der Waals surface area contributed by atoms with Crippen LogP contribution in [0.25, 0.3) is 0 Å². The fourth-order valence-electron chi connectivity index (χ4n) is 2.17. The predicted molar refractivity (Wildman–Crippen MR) is 85.5 cm³/mol. The fraction of sp³-hybridized carbons (Fsp3) is 0.353. The third-order valence-electron chi connectivity index (χ3n) is 3.26. The summed E-state index contributed by atoms with van der Waals surface area (Å²) < 4.78 is 11.2. The summed E-state index contributed by atoms with van der Waals surface area (Å²) in [6.45, 7) is 6.94. The first-order valence-corrected chi connectivity index (χ1v) is 7.49. The molecule has 0 radical (unpaired) electrons. The molecule has 0 aliphatic rings. The minimum Gasteiger partial charge on any atom is -0.490 e. The lowest BCUT2D eigenvalue weighted by molar-refractivity contribution is 0.0935. The summed E-state index contributed by atoms with van der Waals surface area (Å²) in [5, 5.41) is 2.95. The van der Waals surface area contributed by atoms with Crippen molar-refractivity contribution in [1.29, 1.82) is 0 Å². The molecule has 5 nitrogen and oxygen atoms in total. The van der Waals surface area contributed by atoms with Gasteiger partial charge in [0.05, 0.1) is 19.3 Å². The Kier molecular flexibility index (Phi) is 5.47. The van der Waals surface area contributed by atoms with Crippen LogP contribution in [-0.4, -0.2) is 24.1 Å². The Labute approximate surface area is 130 Å². The van der Waals surface area contributed by atoms with Crippen molar-refractivity contribution in [3.8, 4) is 11.5 Å². The highest BCUT2D eigenvalue weighted by Gasteiger charge is 2.14. The van der Waals surface area contributed by atoms with E-state index in [1.807, 2.05) is 39.0 Å². The summed E-state index contributed by atoms with van der Waals surface area (Å²) in [4.78, 5) is 15.0. The van der Waals surface area contributed by atoms with Crippen molar-refractivity contribution in [2.75, 3.05) is 13.2 Å². The first kappa shape index (κ1) is 15.9. The van der Waals surface area contributed by atoms with Gasteiger partial charge in [-0.25, -0.2) is 0 Å². The molecule has 5 heteroatoms. The summed E-state index contributed by atoms with van der Waals surface area (Å²) in [6.07, 6.45) is 1.73. The number of benzene rings is 1. The van der Waals surface area contributed by atoms with E-state index in [2.05, 4.69) is 10.3 Å². The standard InChI is InChI=1S/C17H22N2O3/c1-4-21-15-9-8-13(11-16(15)22-5-2)12(3)19-17(20)14-7-6-10-18-14/h6-12,18H,4-5H2,1-3H3,(H,19,20). The van der Waals surface area contributed by atoms with Crippen LogP contribution in [-0.2, 0) is 0 Å². The number of amides is 1. The SMILES string of the molecule is CCOc1ccc(C(C)NC(=O)c2ccc[nH]2)cc1OCC. The van der Waals surface area contributed by atoms with Crippen molar-refractivity contribution in [3.05, 3.63) is 47.8 Å². The molecule has 1 aromatic heterocycles. The second kappa shape index (κ2) is 7.54. The van der Waals surface area contributed by atoms with Gasteiger partial charge in [-0.2, -0.15) is 0 Å². The van der Waals surface area contributed by atoms with Gasteiger partial charge in [0.15, 0.2) is 11.5 Å². The van der Waals surface area contributed by atoms with Gasteiger partial charge in [-0.3, -0.25) is 4.79 Å². The average Bonchev–Trinajstić information content (AvgIpc) is 3.04. The van der Waals surface area contributed by atoms with Crippen LogP contribution >= 0.6 is 0 Å². The quantitative estimate of drug-likeness (QED) is 0.825. The molecule has 0 saturated heterocycles. The summed E-state index contributed by atoms with van der Waals surface area (Å²) >= 11 is 0. The molecule has 0 saturated carbocycles. The van der Waals surface area contributed by atoms with Gasteiger partial charge in [0.2, 0.25) is 0 Å². The van der Waals surface area contributed by atoms with Crippen LogP contribution in [0.4, 0.5) is 0 Å². The summed E-state index contributed by atoms with van der Waals surface area (Å²) in [5.41, 5.74) is 1.51. The third kappa shape index (κ3) is 3.81. The van der Waals surface area contributed by atoms with Gasteiger partial charge in [0, 0.05) is 6.20 Å². The fourth-order valence-corrected chi connectivity index (χ4v) is 2.17. The monoisotopic (exact) mass is 302 g/mol. The molecule has 0 spiro atoms. The van der Waals surface area contributed by atoms with E-state index in [4.69, 9.17) is 9.47 Å². The highest BCUT2D eigenvalue weighted by Crippen LogP contribution is 2.30. The molecule has 0 aliphatic carbocycles. The second-order valence-electron chi connectivity index (χ2n) is 4.85. The molecule has 2 rings (SSSR count). The number of aromatic amines is 1. The smallest absolute Gasteiger partial charge is 0.268 e. The van der Waals surface area contributed by atoms with Crippen molar-refractivity contribution in [1.82, 2.24) is 10.3 Å². The maximum absolute atomic E-state index is 12.1. The topological polar surface area (TPSA) is 63.3 Å². The highest BCUT2D eigenvalue weighted by molar-refractivity contribution is 5.92. The van der Waals surface area contributed by atoms with Crippen LogP contribution in [0.2, 0.25) is 0 Å². The molecule has 0 fully saturated rings. The molecule has 118 valence electrons. The largest absolute Gasteiger partial charge is 0.490 e. The lowest BCUT2D eigenvalue weighted by Gasteiger charge is -2.17. The number of H-pyrrole nitrogens is 1. The van der Waals surface area contributed by atoms with E-state index in [9.17, 15) is 4.79 Å². The average molecular weight is 302 g/mol. The molecule has 0 bridgehead atoms. The molecule has 1 atom stereocenters. The van der Waals surface area contributed by atoms with E-state index in [1.54, 1.807) is 18.3 Å². The van der Waals surface area contributed by atoms with Gasteiger partial charge in [0.25, 0.3) is 5.91 Å². The molecule has 2 aromatic rings. The number of carbonyl (C=O) groups is 1. The molecule has 1 heterocycles. The van der Waals surface area contributed by atoms with Crippen molar-refractivity contribution in [2.24, 2.45) is 0 Å². The lowest BCUT2D eigenvalue weighted by Crippen LogP contribution is -2.26. The minimum absolute atomic E-state index is 0.134. The zero-order valence-corrected chi connectivity index (χ0v) is 13.2. The normalized spacial score (nSPS) is 11.8. The van der Waals surface area contributed by atoms with Crippen LogP contribution < -0.4 is 14.8 Å². The Morgan fingerprint density at radius 2 is 1.91 bits per heavy atom. The third-order valence-corrected chi connectivity index (χ3v) is 3.26. The second-order valence-corrected chi connectivity index (χ2v) is 4.85. The van der Waals surface area contributed by atoms with Crippen molar-refractivity contribution in [3.63, 3.8) is 0 Å². The van der Waals surface area contributed by atoms with Crippen molar-refractivity contribution < 1.29 is 14.3 Å². The van der Waals surface area contributed by atoms with E-state index in [-0.39, 0.29) is 11.9 Å². The maximum Gasteiger partial charge on any atom is 0.268 e. The van der Waals surface area contributed by atoms with Gasteiger partial charge in [-0.05, 0) is 50.6 Å². The number of rotatable bonds is 7. The number of ether oxygens (including phenoxy) is 2. The molecule has 1 aromatic carbocycles. The number of nitrogens with one attached hydrogen (secondary N) is 2. The highest BCUT2D eigenvalue weighted by atomic mass is 16.5. The Balaban J connectivity index is 2.13. The Morgan fingerprint density at radius 3 is 2.55 bits per heavy atom. The Morgan fingerprint density at radius 1 is 1.18 bits per heavy atom. The van der Waals surface area contributed by atoms with Crippen LogP contribution in [0.15, 0.2) is 36.5 Å². The van der Waals surface area contributed by atoms with E-state index in [0.717, 1.165) is 11.3 Å². The number of carbonyl (C=O) groups excluding carboxylic acids is 1. The number of hydrogen-bond acceptors (Lipinski definition) is 3. The number of aromatic nitrogens is 1. The molecular formula is C17H22N2O3. The van der Waals surface area contributed by atoms with Crippen LogP contribution in [0.1, 0.15) is 42.9 Å². The van der Waals surface area contributed by atoms with Gasteiger partial charge in [-0.15, -0.1) is 0 Å². The lowest BCUT2D eigenvalue weighted by atomic mass is 10.1. The van der Waals surface area contributed by atoms with Crippen molar-refractivity contribution in [2.45, 2.75) is 26.8 Å². The first-order valence-electron chi connectivity index (χ1n) is 7.49. The Hall–Kier alpha value is -2.43. The maximum atomic E-state index is 12.1. The van der Waals surface area contributed by atoms with E-state index in [0.29, 0.717) is 24.7 Å². The van der Waals surface area contributed by atoms with Gasteiger partial charge in [-0.1, -0.05) is 6.07 Å². The molecule has 2 N–H and O–H groups in total. The molecular weight excluding hydrogens is 280 g/mol. The van der Waals surface area contributed by atoms with Crippen molar-refractivity contribution >= 4 is 5.91 Å². The van der Waals surface area contributed by atoms with Gasteiger partial charge >= 0.3 is 0 Å². The van der Waals surface area contributed by atoms with Crippen LogP contribution in [0.3, 0.4) is 0 Å². The van der Waals surface area contributed by atoms with Gasteiger partial charge in [0.1, 0.15) is 5.69 Å². The van der Waals surface area contributed by atoms with Crippen LogP contribution in [0.5, 0.6) is 11.5 Å². The summed E-state index contributed by atoms with van der Waals surface area (Å²) in [7, 11) is 0. The van der Waals surface area contributed by atoms with E-state index in [1.165, 1.54) is 0 Å². The van der Waals surface area contributed by atoms with E-state index < -0.39 is 0 Å². The zero-order valence-electron chi connectivity index (χ0n) is 13.2. The summed E-state index contributed by atoms with van der Waals surface area (Å²) in [5.74, 6) is 1.28. The zero-order chi connectivity index (χ0) is 15.9.